The largest absolute Gasteiger partial charge is 0.444 e. The maximum atomic E-state index is 13.6. The van der Waals surface area contributed by atoms with Crippen molar-refractivity contribution in [3.8, 4) is 0 Å². The van der Waals surface area contributed by atoms with Crippen molar-refractivity contribution >= 4 is 28.7 Å². The van der Waals surface area contributed by atoms with E-state index < -0.39 is 35.5 Å². The number of ether oxygens (including phenoxy) is 1. The monoisotopic (exact) mass is 630 g/mol. The number of hydrogen-bond acceptors (Lipinski definition) is 6. The van der Waals surface area contributed by atoms with Gasteiger partial charge in [-0.15, -0.1) is 0 Å². The van der Waals surface area contributed by atoms with Crippen LogP contribution in [0, 0.1) is 0 Å². The first-order valence-electron chi connectivity index (χ1n) is 15.7. The van der Waals surface area contributed by atoms with Crippen LogP contribution in [-0.2, 0) is 27.2 Å². The van der Waals surface area contributed by atoms with Crippen molar-refractivity contribution in [2.45, 2.75) is 83.3 Å². The lowest BCUT2D eigenvalue weighted by molar-refractivity contribution is -0.139. The Labute approximate surface area is 273 Å². The summed E-state index contributed by atoms with van der Waals surface area (Å²) in [5, 5.41) is 19.6. The van der Waals surface area contributed by atoms with Gasteiger partial charge in [0.2, 0.25) is 11.8 Å². The van der Waals surface area contributed by atoms with Gasteiger partial charge in [-0.05, 0) is 88.9 Å². The number of nitrogens with zero attached hydrogens (tertiary/aromatic N) is 2. The molecule has 0 fully saturated rings. The van der Waals surface area contributed by atoms with E-state index in [0.717, 1.165) is 21.9 Å². The molecule has 1 unspecified atom stereocenters. The first-order valence-corrected chi connectivity index (χ1v) is 15.7. The van der Waals surface area contributed by atoms with Gasteiger partial charge in [-0.1, -0.05) is 78.9 Å². The fourth-order valence-electron chi connectivity index (χ4n) is 5.30. The van der Waals surface area contributed by atoms with Crippen molar-refractivity contribution < 1.29 is 24.2 Å². The third-order valence-electron chi connectivity index (χ3n) is 7.91. The van der Waals surface area contributed by atoms with Crippen molar-refractivity contribution in [3.63, 3.8) is 0 Å². The Morgan fingerprint density at radius 1 is 0.870 bits per heavy atom. The van der Waals surface area contributed by atoms with Gasteiger partial charge >= 0.3 is 6.09 Å². The summed E-state index contributed by atoms with van der Waals surface area (Å²) in [6.07, 6.45) is 2.57. The number of nitrogens with one attached hydrogen (secondary N) is 2. The van der Waals surface area contributed by atoms with Gasteiger partial charge in [0, 0.05) is 19.6 Å². The van der Waals surface area contributed by atoms with E-state index in [-0.39, 0.29) is 11.8 Å². The summed E-state index contributed by atoms with van der Waals surface area (Å²) in [6.45, 7) is 9.09. The summed E-state index contributed by atoms with van der Waals surface area (Å²) in [5.41, 5.74) is 0.610. The number of aliphatic hydroxyl groups is 1. The van der Waals surface area contributed by atoms with Crippen LogP contribution in [-0.4, -0.2) is 83.4 Å². The van der Waals surface area contributed by atoms with E-state index in [4.69, 9.17) is 4.74 Å². The lowest BCUT2D eigenvalue weighted by atomic mass is 9.97. The lowest BCUT2D eigenvalue weighted by Gasteiger charge is -2.39. The molecule has 0 saturated carbocycles. The van der Waals surface area contributed by atoms with Crippen molar-refractivity contribution in [3.05, 3.63) is 96.1 Å². The molecule has 3 atom stereocenters. The average Bonchev–Trinajstić information content (AvgIpc) is 3.00. The molecule has 3 N–H and O–H groups in total. The Morgan fingerprint density at radius 2 is 1.50 bits per heavy atom. The number of likely N-dealkylation sites (N-methyl/N-ethyl adjacent to an activating group) is 3. The quantitative estimate of drug-likeness (QED) is 0.180. The Morgan fingerprint density at radius 3 is 2.13 bits per heavy atom. The summed E-state index contributed by atoms with van der Waals surface area (Å²) in [4.78, 5) is 42.1. The van der Waals surface area contributed by atoms with Crippen molar-refractivity contribution in [2.24, 2.45) is 0 Å². The molecule has 3 amide bonds. The Bertz CT molecular complexity index is 1500. The number of fused-ring (bicyclic) bond motifs is 1. The molecule has 3 rings (SSSR count). The maximum absolute atomic E-state index is 13.6. The average molecular weight is 631 g/mol. The molecule has 0 heterocycles. The Hall–Kier alpha value is -4.21. The highest BCUT2D eigenvalue weighted by atomic mass is 16.6. The molecule has 3 aromatic carbocycles. The SMILES string of the molecule is CNC(=O)[C@@H](Cc1ccccc1)N(C)C(O)[C@@H](Cc1ccc2ccccc2c1)N(C)C(=O)/C=C/CC(C)(C)NC(=O)OC(C)(C)C. The van der Waals surface area contributed by atoms with Crippen LogP contribution in [0.25, 0.3) is 10.8 Å². The molecule has 0 spiro atoms. The standard InChI is InChI=1S/C37H50N4O5/c1-36(2,3)46-35(45)39-37(4,5)22-14-19-32(42)40(7)31(25-27-20-21-28-17-12-13-18-29(28)23-27)34(44)41(8)30(33(43)38-6)24-26-15-10-9-11-16-26/h9-21,23,30-31,34,44H,22,24-25H2,1-8H3,(H,38,43)(H,39,45)/b19-14+/t30-,31-,34?/m1/s1. The fraction of sp³-hybridized carbons (Fsp3) is 0.432. The van der Waals surface area contributed by atoms with Crippen LogP contribution in [0.15, 0.2) is 84.9 Å². The van der Waals surface area contributed by atoms with Crippen LogP contribution in [0.5, 0.6) is 0 Å². The van der Waals surface area contributed by atoms with E-state index in [9.17, 15) is 19.5 Å². The molecule has 46 heavy (non-hydrogen) atoms. The number of hydrogen-bond donors (Lipinski definition) is 3. The summed E-state index contributed by atoms with van der Waals surface area (Å²) in [5.74, 6) is -0.547. The second-order valence-electron chi connectivity index (χ2n) is 13.4. The van der Waals surface area contributed by atoms with Gasteiger partial charge in [-0.2, -0.15) is 0 Å². The van der Waals surface area contributed by atoms with Gasteiger partial charge in [0.15, 0.2) is 0 Å². The number of alkyl carbamates (subject to hydrolysis) is 1. The molecule has 0 aliphatic heterocycles. The van der Waals surface area contributed by atoms with Crippen LogP contribution in [0.2, 0.25) is 0 Å². The minimum absolute atomic E-state index is 0.233. The Kier molecular flexibility index (Phi) is 12.5. The zero-order valence-corrected chi connectivity index (χ0v) is 28.4. The highest BCUT2D eigenvalue weighted by Gasteiger charge is 2.35. The number of rotatable bonds is 13. The zero-order chi connectivity index (χ0) is 34.1. The smallest absolute Gasteiger partial charge is 0.408 e. The molecule has 248 valence electrons. The fourth-order valence-corrected chi connectivity index (χ4v) is 5.30. The minimum Gasteiger partial charge on any atom is -0.444 e. The molecule has 3 aromatic rings. The second-order valence-corrected chi connectivity index (χ2v) is 13.4. The van der Waals surface area contributed by atoms with Gasteiger partial charge in [0.05, 0.1) is 12.1 Å². The van der Waals surface area contributed by atoms with Crippen LogP contribution in [0.1, 0.15) is 52.2 Å². The highest BCUT2D eigenvalue weighted by Crippen LogP contribution is 2.22. The molecule has 0 saturated heterocycles. The minimum atomic E-state index is -1.18. The third kappa shape index (κ3) is 10.7. The van der Waals surface area contributed by atoms with Crippen LogP contribution >= 0.6 is 0 Å². The van der Waals surface area contributed by atoms with Crippen LogP contribution in [0.4, 0.5) is 4.79 Å². The van der Waals surface area contributed by atoms with Gasteiger partial charge in [-0.3, -0.25) is 14.5 Å². The van der Waals surface area contributed by atoms with Gasteiger partial charge in [0.25, 0.3) is 0 Å². The van der Waals surface area contributed by atoms with Crippen LogP contribution in [0.3, 0.4) is 0 Å². The molecular weight excluding hydrogens is 580 g/mol. The molecule has 9 nitrogen and oxygen atoms in total. The summed E-state index contributed by atoms with van der Waals surface area (Å²) in [7, 11) is 4.94. The van der Waals surface area contributed by atoms with Crippen molar-refractivity contribution in [1.29, 1.82) is 0 Å². The molecular formula is C37H50N4O5. The third-order valence-corrected chi connectivity index (χ3v) is 7.91. The first-order chi connectivity index (χ1) is 21.6. The molecule has 0 radical (unpaired) electrons. The van der Waals surface area contributed by atoms with E-state index >= 15 is 0 Å². The van der Waals surface area contributed by atoms with Crippen molar-refractivity contribution in [1.82, 2.24) is 20.4 Å². The first kappa shape index (κ1) is 36.3. The normalized spacial score (nSPS) is 14.1. The summed E-state index contributed by atoms with van der Waals surface area (Å²) < 4.78 is 5.37. The molecule has 0 aliphatic carbocycles. The van der Waals surface area contributed by atoms with Crippen molar-refractivity contribution in [2.75, 3.05) is 21.1 Å². The number of carbonyl (C=O) groups excluding carboxylic acids is 3. The number of aliphatic hydroxyl groups excluding tert-OH is 1. The molecule has 9 heteroatoms. The molecule has 0 aliphatic rings. The lowest BCUT2D eigenvalue weighted by Crippen LogP contribution is -2.58. The predicted molar refractivity (Wildman–Crippen MR) is 183 cm³/mol. The van der Waals surface area contributed by atoms with E-state index in [1.807, 2.05) is 80.6 Å². The highest BCUT2D eigenvalue weighted by molar-refractivity contribution is 5.88. The number of carbonyl (C=O) groups is 3. The summed E-state index contributed by atoms with van der Waals surface area (Å²) in [6, 6.07) is 22.4. The van der Waals surface area contributed by atoms with E-state index in [0.29, 0.717) is 19.3 Å². The maximum Gasteiger partial charge on any atom is 0.408 e. The van der Waals surface area contributed by atoms with Gasteiger partial charge in [-0.25, -0.2) is 4.79 Å². The number of benzene rings is 3. The van der Waals surface area contributed by atoms with Gasteiger partial charge in [0.1, 0.15) is 11.8 Å². The molecule has 0 bridgehead atoms. The second kappa shape index (κ2) is 15.9. The van der Waals surface area contributed by atoms with Crippen LogP contribution < -0.4 is 10.6 Å². The predicted octanol–water partition coefficient (Wildman–Crippen LogP) is 5.07. The van der Waals surface area contributed by atoms with E-state index in [1.54, 1.807) is 52.9 Å². The molecule has 0 aromatic heterocycles. The topological polar surface area (TPSA) is 111 Å². The number of amides is 3. The Balaban J connectivity index is 1.86. The van der Waals surface area contributed by atoms with E-state index in [1.165, 1.54) is 11.0 Å². The van der Waals surface area contributed by atoms with E-state index in [2.05, 4.69) is 16.7 Å². The van der Waals surface area contributed by atoms with Gasteiger partial charge < -0.3 is 25.4 Å². The zero-order valence-electron chi connectivity index (χ0n) is 28.4. The summed E-state index contributed by atoms with van der Waals surface area (Å²) >= 11 is 0.